The van der Waals surface area contributed by atoms with Gasteiger partial charge in [0.15, 0.2) is 12.4 Å². The maximum Gasteiger partial charge on any atom is 0.306 e. The Bertz CT molecular complexity index is 1690. The minimum absolute atomic E-state index is 0.0663. The lowest BCUT2D eigenvalue weighted by Crippen LogP contribution is -2.61. The highest BCUT2D eigenvalue weighted by atomic mass is 16.7. The number of allylic oxidation sites excluding steroid dienone is 13. The monoisotopic (exact) mass is 1180 g/mol. The van der Waals surface area contributed by atoms with Crippen molar-refractivity contribution in [1.29, 1.82) is 0 Å². The van der Waals surface area contributed by atoms with Gasteiger partial charge in [0, 0.05) is 6.42 Å². The summed E-state index contributed by atoms with van der Waals surface area (Å²) < 4.78 is 17.6. The van der Waals surface area contributed by atoms with Crippen molar-refractivity contribution >= 4 is 11.9 Å². The summed E-state index contributed by atoms with van der Waals surface area (Å²) in [4.78, 5) is 26.6. The van der Waals surface area contributed by atoms with Crippen molar-refractivity contribution in [3.8, 4) is 0 Å². The SMILES string of the molecule is CC/C=C\C/C=C\C/C=C\C/C=C\C/C=C\C/C=C\CCCCC(=O)OC1C(OCC(NC(=O)C(O)CCCCCCCCCCCCCCCCCCCCCCCC)C(O)/C=C/CCCCCCCCCCCC)OC(CO)C(O)C1O. The van der Waals surface area contributed by atoms with Gasteiger partial charge in [0.05, 0.1) is 25.4 Å². The standard InChI is InChI=1S/C73H129NO10/c1-4-7-10-13-16-19-22-25-27-29-31-33-35-36-38-40-42-45-48-51-54-57-60-66(77)72(81)74-64(65(76)59-56-53-50-47-44-24-21-18-15-12-9-6-3)63-82-73-71(70(80)69(79)67(62-75)83-73)84-68(78)61-58-55-52-49-46-43-41-39-37-34-32-30-28-26-23-20-17-14-11-8-5-2/h8,11,17,20,26,28,32,34,39,41,46,49,56,59,64-67,69-71,73,75-77,79-80H,4-7,9-10,12-16,18-19,21-25,27,29-31,33,35-38,40,42-45,47-48,50-55,57-58,60-63H2,1-3H3,(H,74,81)/b11-8-,20-17-,28-26-,34-32-,41-39-,49-46-,59-56+. The molecule has 0 radical (unpaired) electrons. The third-order valence-electron chi connectivity index (χ3n) is 16.1. The maximum absolute atomic E-state index is 13.5. The van der Waals surface area contributed by atoms with E-state index in [2.05, 4.69) is 99.0 Å². The highest BCUT2D eigenvalue weighted by Crippen LogP contribution is 2.26. The molecule has 8 atom stereocenters. The van der Waals surface area contributed by atoms with Crippen molar-refractivity contribution in [3.05, 3.63) is 85.1 Å². The van der Waals surface area contributed by atoms with E-state index in [-0.39, 0.29) is 19.4 Å². The fraction of sp³-hybridized carbons (Fsp3) is 0.781. The summed E-state index contributed by atoms with van der Waals surface area (Å²) in [5, 5.41) is 57.2. The number of carbonyl (C=O) groups excluding carboxylic acids is 2. The highest BCUT2D eigenvalue weighted by Gasteiger charge is 2.47. The average molecular weight is 1180 g/mol. The van der Waals surface area contributed by atoms with Gasteiger partial charge in [-0.25, -0.2) is 0 Å². The number of nitrogens with one attached hydrogen (secondary N) is 1. The molecule has 0 bridgehead atoms. The van der Waals surface area contributed by atoms with Gasteiger partial charge in [-0.3, -0.25) is 9.59 Å². The van der Waals surface area contributed by atoms with Crippen LogP contribution < -0.4 is 5.32 Å². The number of esters is 1. The van der Waals surface area contributed by atoms with Crippen LogP contribution in [-0.4, -0.2) is 99.6 Å². The molecule has 6 N–H and O–H groups in total. The molecule has 0 aromatic carbocycles. The van der Waals surface area contributed by atoms with Crippen LogP contribution >= 0.6 is 0 Å². The third kappa shape index (κ3) is 47.0. The van der Waals surface area contributed by atoms with E-state index < -0.39 is 67.4 Å². The minimum Gasteiger partial charge on any atom is -0.454 e. The first-order chi connectivity index (χ1) is 41.2. The van der Waals surface area contributed by atoms with Gasteiger partial charge in [-0.05, 0) is 77.0 Å². The summed E-state index contributed by atoms with van der Waals surface area (Å²) in [5.74, 6) is -1.23. The summed E-state index contributed by atoms with van der Waals surface area (Å²) in [7, 11) is 0. The molecule has 84 heavy (non-hydrogen) atoms. The fourth-order valence-corrected chi connectivity index (χ4v) is 10.6. The van der Waals surface area contributed by atoms with Crippen LogP contribution in [0.4, 0.5) is 0 Å². The van der Waals surface area contributed by atoms with Gasteiger partial charge in [0.25, 0.3) is 0 Å². The summed E-state index contributed by atoms with van der Waals surface area (Å²) in [5.41, 5.74) is 0. The van der Waals surface area contributed by atoms with Crippen LogP contribution in [-0.2, 0) is 23.8 Å². The van der Waals surface area contributed by atoms with E-state index in [9.17, 15) is 35.1 Å². The van der Waals surface area contributed by atoms with E-state index in [1.54, 1.807) is 6.08 Å². The summed E-state index contributed by atoms with van der Waals surface area (Å²) in [6, 6.07) is -1.04. The molecule has 1 saturated heterocycles. The smallest absolute Gasteiger partial charge is 0.306 e. The first-order valence-corrected chi connectivity index (χ1v) is 34.9. The molecule has 11 heteroatoms. The number of aliphatic hydroxyl groups excluding tert-OH is 5. The van der Waals surface area contributed by atoms with Gasteiger partial charge < -0.3 is 45.1 Å². The third-order valence-corrected chi connectivity index (χ3v) is 16.1. The zero-order chi connectivity index (χ0) is 61.0. The van der Waals surface area contributed by atoms with Crippen molar-refractivity contribution < 1.29 is 49.3 Å². The van der Waals surface area contributed by atoms with E-state index in [0.29, 0.717) is 12.8 Å². The van der Waals surface area contributed by atoms with Crippen LogP contribution in [0.3, 0.4) is 0 Å². The van der Waals surface area contributed by atoms with Gasteiger partial charge in [-0.15, -0.1) is 0 Å². The lowest BCUT2D eigenvalue weighted by Gasteiger charge is -2.41. The summed E-state index contributed by atoms with van der Waals surface area (Å²) in [6.45, 7) is 5.68. The molecule has 486 valence electrons. The first-order valence-electron chi connectivity index (χ1n) is 34.9. The van der Waals surface area contributed by atoms with Gasteiger partial charge in [0.2, 0.25) is 5.91 Å². The second-order valence-corrected chi connectivity index (χ2v) is 23.9. The van der Waals surface area contributed by atoms with Gasteiger partial charge in [0.1, 0.15) is 24.4 Å². The first kappa shape index (κ1) is 78.9. The van der Waals surface area contributed by atoms with E-state index in [1.165, 1.54) is 167 Å². The Balaban J connectivity index is 2.62. The fourth-order valence-electron chi connectivity index (χ4n) is 10.6. The average Bonchev–Trinajstić information content (AvgIpc) is 3.69. The molecular weight excluding hydrogens is 1050 g/mol. The van der Waals surface area contributed by atoms with Gasteiger partial charge in [-0.2, -0.15) is 0 Å². The molecule has 1 rings (SSSR count). The predicted octanol–water partition coefficient (Wildman–Crippen LogP) is 17.7. The predicted molar refractivity (Wildman–Crippen MR) is 352 cm³/mol. The van der Waals surface area contributed by atoms with Crippen LogP contribution in [0.5, 0.6) is 0 Å². The number of amides is 1. The second-order valence-electron chi connectivity index (χ2n) is 23.9. The minimum atomic E-state index is -1.64. The molecule has 1 aliphatic rings. The van der Waals surface area contributed by atoms with Crippen molar-refractivity contribution in [2.45, 2.75) is 352 Å². The second kappa shape index (κ2) is 60.1. The van der Waals surface area contributed by atoms with Crippen LogP contribution in [0.1, 0.15) is 303 Å². The molecule has 1 amide bonds. The largest absolute Gasteiger partial charge is 0.454 e. The Morgan fingerprint density at radius 2 is 0.857 bits per heavy atom. The van der Waals surface area contributed by atoms with Crippen LogP contribution in [0, 0.1) is 0 Å². The van der Waals surface area contributed by atoms with Gasteiger partial charge >= 0.3 is 5.97 Å². The molecule has 0 aromatic rings. The van der Waals surface area contributed by atoms with Crippen LogP contribution in [0.2, 0.25) is 0 Å². The molecule has 1 aliphatic heterocycles. The molecule has 0 saturated carbocycles. The Kier molecular flexibility index (Phi) is 56.5. The van der Waals surface area contributed by atoms with E-state index >= 15 is 0 Å². The Labute approximate surface area is 514 Å². The Morgan fingerprint density at radius 3 is 1.29 bits per heavy atom. The quantitative estimate of drug-likeness (QED) is 0.0195. The highest BCUT2D eigenvalue weighted by molar-refractivity contribution is 5.80. The molecule has 0 aliphatic carbocycles. The van der Waals surface area contributed by atoms with Crippen molar-refractivity contribution in [1.82, 2.24) is 5.32 Å². The molecule has 8 unspecified atom stereocenters. The van der Waals surface area contributed by atoms with Gasteiger partial charge in [-0.1, -0.05) is 305 Å². The number of ether oxygens (including phenoxy) is 3. The summed E-state index contributed by atoms with van der Waals surface area (Å²) in [6.07, 6.45) is 69.1. The van der Waals surface area contributed by atoms with Crippen molar-refractivity contribution in [2.24, 2.45) is 0 Å². The topological polar surface area (TPSA) is 175 Å². The molecule has 1 fully saturated rings. The zero-order valence-corrected chi connectivity index (χ0v) is 54.0. The van der Waals surface area contributed by atoms with Crippen molar-refractivity contribution in [3.63, 3.8) is 0 Å². The number of rotatable bonds is 59. The summed E-state index contributed by atoms with van der Waals surface area (Å²) >= 11 is 0. The normalized spacial score (nSPS) is 19.0. The zero-order valence-electron chi connectivity index (χ0n) is 54.0. The van der Waals surface area contributed by atoms with E-state index in [4.69, 9.17) is 14.2 Å². The van der Waals surface area contributed by atoms with E-state index in [0.717, 1.165) is 89.9 Å². The van der Waals surface area contributed by atoms with Crippen molar-refractivity contribution in [2.75, 3.05) is 13.2 Å². The number of unbranched alkanes of at least 4 members (excludes halogenated alkanes) is 33. The number of hydrogen-bond donors (Lipinski definition) is 6. The number of hydrogen-bond acceptors (Lipinski definition) is 10. The molecule has 0 spiro atoms. The van der Waals surface area contributed by atoms with Crippen LogP contribution in [0.25, 0.3) is 0 Å². The number of aliphatic hydroxyl groups is 5. The Morgan fingerprint density at radius 1 is 0.476 bits per heavy atom. The van der Waals surface area contributed by atoms with Crippen LogP contribution in [0.15, 0.2) is 85.1 Å². The molecule has 0 aromatic heterocycles. The lowest BCUT2D eigenvalue weighted by molar-refractivity contribution is -0.305. The molecular formula is C73H129NO10. The van der Waals surface area contributed by atoms with E-state index in [1.807, 2.05) is 6.08 Å². The lowest BCUT2D eigenvalue weighted by atomic mass is 9.99. The molecule has 11 nitrogen and oxygen atoms in total. The Hall–Kier alpha value is -3.16. The number of carbonyl (C=O) groups is 2. The molecule has 1 heterocycles. The maximum atomic E-state index is 13.5.